The van der Waals surface area contributed by atoms with Crippen molar-refractivity contribution in [3.8, 4) is 5.75 Å². The third-order valence-electron chi connectivity index (χ3n) is 5.93. The lowest BCUT2D eigenvalue weighted by Crippen LogP contribution is -2.38. The van der Waals surface area contributed by atoms with Crippen LogP contribution in [0.3, 0.4) is 0 Å². The van der Waals surface area contributed by atoms with E-state index in [1.54, 1.807) is 24.3 Å². The highest BCUT2D eigenvalue weighted by atomic mass is 35.5. The van der Waals surface area contributed by atoms with Crippen LogP contribution in [0.25, 0.3) is 10.9 Å². The molecular formula is C26H35Cl2N7O2. The lowest BCUT2D eigenvalue weighted by atomic mass is 9.90. The van der Waals surface area contributed by atoms with Gasteiger partial charge in [-0.05, 0) is 70.0 Å². The number of ether oxygens (including phenoxy) is 1. The van der Waals surface area contributed by atoms with E-state index < -0.39 is 0 Å². The minimum Gasteiger partial charge on any atom is -0.491 e. The molecule has 3 aromatic rings. The number of halogens is 2. The second-order valence-electron chi connectivity index (χ2n) is 9.22. The molecule has 2 atom stereocenters. The van der Waals surface area contributed by atoms with E-state index >= 15 is 0 Å². The van der Waals surface area contributed by atoms with Crippen LogP contribution in [0, 0.1) is 6.92 Å². The summed E-state index contributed by atoms with van der Waals surface area (Å²) in [6.07, 6.45) is 4.04. The summed E-state index contributed by atoms with van der Waals surface area (Å²) in [5, 5.41) is 7.27. The van der Waals surface area contributed by atoms with Crippen molar-refractivity contribution in [2.75, 3.05) is 10.6 Å². The number of carbonyl (C=O) groups is 1. The number of nitrogens with one attached hydrogen (secondary N) is 2. The van der Waals surface area contributed by atoms with Gasteiger partial charge in [-0.3, -0.25) is 10.1 Å². The first-order chi connectivity index (χ1) is 16.8. The number of rotatable bonds is 7. The quantitative estimate of drug-likeness (QED) is 0.245. The molecular weight excluding hydrogens is 513 g/mol. The fraction of sp³-hybridized carbons (Fsp3) is 0.385. The van der Waals surface area contributed by atoms with Crippen molar-refractivity contribution in [3.63, 3.8) is 0 Å². The number of guanidine groups is 1. The first-order valence-electron chi connectivity index (χ1n) is 12.0. The second kappa shape index (κ2) is 13.3. The number of aliphatic imine (C=N–C) groups is 1. The molecule has 1 fully saturated rings. The molecule has 1 heterocycles. The molecule has 0 bridgehead atoms. The molecule has 1 aliphatic carbocycles. The fourth-order valence-corrected chi connectivity index (χ4v) is 4.34. The van der Waals surface area contributed by atoms with Gasteiger partial charge in [0.1, 0.15) is 11.6 Å². The number of amides is 1. The highest BCUT2D eigenvalue weighted by Crippen LogP contribution is 2.29. The van der Waals surface area contributed by atoms with Gasteiger partial charge in [-0.25, -0.2) is 9.98 Å². The number of hydrogen-bond donors (Lipinski definition) is 4. The normalized spacial score (nSPS) is 16.8. The summed E-state index contributed by atoms with van der Waals surface area (Å²) >= 11 is 0. The highest BCUT2D eigenvalue weighted by Gasteiger charge is 2.26. The molecule has 0 spiro atoms. The SMILES string of the molecule is Cc1ccc2nc(NC(=O)c3ccc(OC(C)C)cc3)nc(N[C@H]3CCCC[C@H]3N=C(N)N)c2c1.Cl.Cl. The summed E-state index contributed by atoms with van der Waals surface area (Å²) in [6, 6.07) is 12.9. The van der Waals surface area contributed by atoms with Crippen LogP contribution in [0.2, 0.25) is 0 Å². The van der Waals surface area contributed by atoms with Gasteiger partial charge in [-0.15, -0.1) is 24.8 Å². The molecule has 9 nitrogen and oxygen atoms in total. The van der Waals surface area contributed by atoms with Crippen LogP contribution in [0.1, 0.15) is 55.5 Å². The number of carbonyl (C=O) groups excluding carboxylic acids is 1. The Hall–Kier alpha value is -3.30. The van der Waals surface area contributed by atoms with Crippen LogP contribution < -0.4 is 26.8 Å². The van der Waals surface area contributed by atoms with E-state index in [-0.39, 0.29) is 60.8 Å². The van der Waals surface area contributed by atoms with Gasteiger partial charge in [0.2, 0.25) is 5.95 Å². The monoisotopic (exact) mass is 547 g/mol. The van der Waals surface area contributed by atoms with Gasteiger partial charge in [0, 0.05) is 10.9 Å². The van der Waals surface area contributed by atoms with Crippen LogP contribution in [0.4, 0.5) is 11.8 Å². The molecule has 1 amide bonds. The van der Waals surface area contributed by atoms with Crippen molar-refractivity contribution in [3.05, 3.63) is 53.6 Å². The molecule has 0 radical (unpaired) electrons. The first-order valence-corrected chi connectivity index (χ1v) is 12.0. The molecule has 1 aromatic heterocycles. The standard InChI is InChI=1S/C26H33N7O2.2ClH/c1-15(2)35-18-11-9-17(10-12-18)24(34)33-26-31-20-13-8-16(3)14-19(20)23(32-26)29-21-6-4-5-7-22(21)30-25(27)28;;/h8-15,21-22H,4-7H2,1-3H3,(H4,27,28,30)(H2,29,31,32,33,34);2*1H/t21-,22+;;/m0../s1. The van der Waals surface area contributed by atoms with Crippen LogP contribution in [0.5, 0.6) is 5.75 Å². The number of hydrogen-bond acceptors (Lipinski definition) is 6. The van der Waals surface area contributed by atoms with E-state index in [0.717, 1.165) is 42.1 Å². The zero-order valence-corrected chi connectivity index (χ0v) is 22.9. The summed E-state index contributed by atoms with van der Waals surface area (Å²) in [4.78, 5) is 26.6. The Morgan fingerprint density at radius 1 is 1.05 bits per heavy atom. The first kappa shape index (κ1) is 29.9. The van der Waals surface area contributed by atoms with Crippen molar-refractivity contribution in [1.29, 1.82) is 0 Å². The van der Waals surface area contributed by atoms with E-state index in [4.69, 9.17) is 16.2 Å². The summed E-state index contributed by atoms with van der Waals surface area (Å²) in [5.74, 6) is 1.38. The van der Waals surface area contributed by atoms with Gasteiger partial charge >= 0.3 is 0 Å². The highest BCUT2D eigenvalue weighted by molar-refractivity contribution is 6.04. The third-order valence-corrected chi connectivity index (χ3v) is 5.93. The maximum Gasteiger partial charge on any atom is 0.258 e. The van der Waals surface area contributed by atoms with Crippen molar-refractivity contribution >= 4 is 59.3 Å². The third kappa shape index (κ3) is 7.84. The zero-order chi connectivity index (χ0) is 24.9. The van der Waals surface area contributed by atoms with Crippen LogP contribution in [0.15, 0.2) is 47.5 Å². The maximum absolute atomic E-state index is 12.9. The molecule has 0 aliphatic heterocycles. The summed E-state index contributed by atoms with van der Waals surface area (Å²) in [5.41, 5.74) is 13.7. The average Bonchev–Trinajstić information content (AvgIpc) is 2.80. The predicted octanol–water partition coefficient (Wildman–Crippen LogP) is 4.82. The number of nitrogens with two attached hydrogens (primary N) is 2. The molecule has 11 heteroatoms. The van der Waals surface area contributed by atoms with Gasteiger partial charge in [0.15, 0.2) is 5.96 Å². The van der Waals surface area contributed by atoms with Gasteiger partial charge in [-0.1, -0.05) is 24.5 Å². The van der Waals surface area contributed by atoms with E-state index in [1.807, 2.05) is 39.0 Å². The molecule has 4 rings (SSSR count). The molecule has 1 saturated carbocycles. The van der Waals surface area contributed by atoms with E-state index in [2.05, 4.69) is 25.6 Å². The Morgan fingerprint density at radius 3 is 2.43 bits per heavy atom. The number of aryl methyl sites for hydroxylation is 1. The smallest absolute Gasteiger partial charge is 0.258 e. The molecule has 37 heavy (non-hydrogen) atoms. The average molecular weight is 549 g/mol. The molecule has 200 valence electrons. The van der Waals surface area contributed by atoms with Gasteiger partial charge in [0.25, 0.3) is 5.91 Å². The summed E-state index contributed by atoms with van der Waals surface area (Å²) < 4.78 is 5.66. The molecule has 0 unspecified atom stereocenters. The largest absolute Gasteiger partial charge is 0.491 e. The van der Waals surface area contributed by atoms with Gasteiger partial charge < -0.3 is 21.5 Å². The van der Waals surface area contributed by atoms with Crippen LogP contribution in [-0.4, -0.2) is 40.0 Å². The van der Waals surface area contributed by atoms with E-state index in [1.165, 1.54) is 0 Å². The molecule has 0 saturated heterocycles. The molecule has 2 aromatic carbocycles. The Bertz CT molecular complexity index is 1230. The fourth-order valence-electron chi connectivity index (χ4n) is 4.34. The number of fused-ring (bicyclic) bond motifs is 1. The van der Waals surface area contributed by atoms with Crippen LogP contribution >= 0.6 is 24.8 Å². The summed E-state index contributed by atoms with van der Waals surface area (Å²) in [6.45, 7) is 5.93. The van der Waals surface area contributed by atoms with Crippen molar-refractivity contribution in [2.45, 2.75) is 64.6 Å². The van der Waals surface area contributed by atoms with Crippen molar-refractivity contribution < 1.29 is 9.53 Å². The lowest BCUT2D eigenvalue weighted by molar-refractivity contribution is 0.102. The zero-order valence-electron chi connectivity index (χ0n) is 21.2. The molecule has 1 aliphatic rings. The lowest BCUT2D eigenvalue weighted by Gasteiger charge is -2.30. The van der Waals surface area contributed by atoms with Gasteiger partial charge in [0.05, 0.1) is 23.7 Å². The summed E-state index contributed by atoms with van der Waals surface area (Å²) in [7, 11) is 0. The Kier molecular flexibility index (Phi) is 10.8. The number of nitrogens with zero attached hydrogens (tertiary/aromatic N) is 3. The number of anilines is 2. The van der Waals surface area contributed by atoms with Crippen molar-refractivity contribution in [2.24, 2.45) is 16.5 Å². The van der Waals surface area contributed by atoms with Crippen LogP contribution in [-0.2, 0) is 0 Å². The predicted molar refractivity (Wildman–Crippen MR) is 154 cm³/mol. The Balaban J connectivity index is 0.00000241. The van der Waals surface area contributed by atoms with Crippen molar-refractivity contribution in [1.82, 2.24) is 9.97 Å². The number of aromatic nitrogens is 2. The molecule has 6 N–H and O–H groups in total. The minimum absolute atomic E-state index is 0. The minimum atomic E-state index is -0.297. The Labute approximate surface area is 229 Å². The van der Waals surface area contributed by atoms with E-state index in [9.17, 15) is 4.79 Å². The Morgan fingerprint density at radius 2 is 1.76 bits per heavy atom. The topological polar surface area (TPSA) is 141 Å². The maximum atomic E-state index is 12.9. The van der Waals surface area contributed by atoms with E-state index in [0.29, 0.717) is 17.1 Å². The van der Waals surface area contributed by atoms with Gasteiger partial charge in [-0.2, -0.15) is 4.98 Å². The second-order valence-corrected chi connectivity index (χ2v) is 9.22. The number of benzene rings is 2.